The average molecular weight is 338 g/mol. The number of rotatable bonds is 4. The van der Waals surface area contributed by atoms with Crippen LogP contribution in [0, 0.1) is 0 Å². The highest BCUT2D eigenvalue weighted by Gasteiger charge is 2.06. The fourth-order valence-electron chi connectivity index (χ4n) is 1.43. The van der Waals surface area contributed by atoms with Crippen molar-refractivity contribution in [3.05, 3.63) is 51.2 Å². The summed E-state index contributed by atoms with van der Waals surface area (Å²) in [4.78, 5) is 22.7. The van der Waals surface area contributed by atoms with E-state index >= 15 is 0 Å². The predicted molar refractivity (Wildman–Crippen MR) is 79.6 cm³/mol. The van der Waals surface area contributed by atoms with Crippen molar-refractivity contribution in [3.63, 3.8) is 0 Å². The Morgan fingerprint density at radius 2 is 2.37 bits per heavy atom. The summed E-state index contributed by atoms with van der Waals surface area (Å²) in [5.41, 5.74) is 0.769. The van der Waals surface area contributed by atoms with Crippen LogP contribution in [0.25, 0.3) is 6.08 Å². The molecule has 6 heteroatoms. The van der Waals surface area contributed by atoms with Crippen molar-refractivity contribution >= 4 is 39.2 Å². The van der Waals surface area contributed by atoms with Crippen molar-refractivity contribution in [2.45, 2.75) is 6.54 Å². The van der Waals surface area contributed by atoms with Crippen LogP contribution in [-0.2, 0) is 11.3 Å². The standard InChI is InChI=1S/C13H12BrN3OS/c1-17(8-11-7-15-4-5-16-11)13(18)3-2-12-6-10(14)9-19-12/h2-7,9H,8H2,1H3. The molecule has 4 nitrogen and oxygen atoms in total. The summed E-state index contributed by atoms with van der Waals surface area (Å²) < 4.78 is 1.03. The molecule has 0 radical (unpaired) electrons. The normalized spacial score (nSPS) is 10.8. The molecule has 0 bridgehead atoms. The van der Waals surface area contributed by atoms with Crippen LogP contribution in [0.5, 0.6) is 0 Å². The number of likely N-dealkylation sites (N-methyl/N-ethyl adjacent to an activating group) is 1. The number of nitrogens with zero attached hydrogens (tertiary/aromatic N) is 3. The highest BCUT2D eigenvalue weighted by molar-refractivity contribution is 9.10. The van der Waals surface area contributed by atoms with E-state index in [-0.39, 0.29) is 5.91 Å². The number of hydrogen-bond donors (Lipinski definition) is 0. The minimum absolute atomic E-state index is 0.0600. The van der Waals surface area contributed by atoms with Gasteiger partial charge in [0.1, 0.15) is 0 Å². The second kappa shape index (κ2) is 6.58. The van der Waals surface area contributed by atoms with Gasteiger partial charge in [-0.1, -0.05) is 0 Å². The number of thiophene rings is 1. The van der Waals surface area contributed by atoms with E-state index < -0.39 is 0 Å². The van der Waals surface area contributed by atoms with E-state index in [2.05, 4.69) is 25.9 Å². The number of halogens is 1. The Kier molecular flexibility index (Phi) is 4.81. The van der Waals surface area contributed by atoms with Crippen molar-refractivity contribution in [3.8, 4) is 0 Å². The summed E-state index contributed by atoms with van der Waals surface area (Å²) in [6.07, 6.45) is 8.26. The van der Waals surface area contributed by atoms with Crippen molar-refractivity contribution < 1.29 is 4.79 Å². The molecule has 19 heavy (non-hydrogen) atoms. The quantitative estimate of drug-likeness (QED) is 0.805. The zero-order chi connectivity index (χ0) is 13.7. The number of aromatic nitrogens is 2. The summed E-state index contributed by atoms with van der Waals surface area (Å²) in [6, 6.07) is 1.97. The zero-order valence-corrected chi connectivity index (χ0v) is 12.7. The number of carbonyl (C=O) groups is 1. The molecule has 98 valence electrons. The van der Waals surface area contributed by atoms with Crippen LogP contribution in [0.4, 0.5) is 0 Å². The summed E-state index contributed by atoms with van der Waals surface area (Å²) in [7, 11) is 1.74. The van der Waals surface area contributed by atoms with Crippen molar-refractivity contribution in [1.82, 2.24) is 14.9 Å². The molecule has 2 heterocycles. The molecule has 2 aromatic rings. The van der Waals surface area contributed by atoms with Crippen LogP contribution in [0.2, 0.25) is 0 Å². The first-order valence-corrected chi connectivity index (χ1v) is 7.24. The lowest BCUT2D eigenvalue weighted by molar-refractivity contribution is -0.125. The van der Waals surface area contributed by atoms with Gasteiger partial charge in [-0.05, 0) is 28.1 Å². The van der Waals surface area contributed by atoms with Crippen molar-refractivity contribution in [2.75, 3.05) is 7.05 Å². The number of carbonyl (C=O) groups excluding carboxylic acids is 1. The molecule has 0 aromatic carbocycles. The van der Waals surface area contributed by atoms with E-state index in [1.165, 1.54) is 0 Å². The van der Waals surface area contributed by atoms with Gasteiger partial charge in [0.05, 0.1) is 18.4 Å². The van der Waals surface area contributed by atoms with Crippen LogP contribution in [0.3, 0.4) is 0 Å². The Morgan fingerprint density at radius 3 is 3.00 bits per heavy atom. The van der Waals surface area contributed by atoms with Crippen molar-refractivity contribution in [1.29, 1.82) is 0 Å². The van der Waals surface area contributed by atoms with Gasteiger partial charge in [0, 0.05) is 40.2 Å². The molecule has 1 amide bonds. The van der Waals surface area contributed by atoms with E-state index in [4.69, 9.17) is 0 Å². The number of hydrogen-bond acceptors (Lipinski definition) is 4. The van der Waals surface area contributed by atoms with E-state index in [0.717, 1.165) is 15.0 Å². The predicted octanol–water partition coefficient (Wildman–Crippen LogP) is 2.97. The van der Waals surface area contributed by atoms with Crippen LogP contribution in [0.15, 0.2) is 40.6 Å². The molecule has 0 unspecified atom stereocenters. The monoisotopic (exact) mass is 337 g/mol. The maximum Gasteiger partial charge on any atom is 0.246 e. The van der Waals surface area contributed by atoms with Gasteiger partial charge in [-0.15, -0.1) is 11.3 Å². The molecule has 0 aliphatic carbocycles. The molecule has 0 aliphatic heterocycles. The van der Waals surface area contributed by atoms with Crippen LogP contribution >= 0.6 is 27.3 Å². The van der Waals surface area contributed by atoms with Gasteiger partial charge in [0.15, 0.2) is 0 Å². The van der Waals surface area contributed by atoms with Gasteiger partial charge in [0.25, 0.3) is 0 Å². The molecular formula is C13H12BrN3OS. The molecule has 0 saturated carbocycles. The zero-order valence-electron chi connectivity index (χ0n) is 10.3. The Morgan fingerprint density at radius 1 is 1.53 bits per heavy atom. The van der Waals surface area contributed by atoms with Crippen LogP contribution in [0.1, 0.15) is 10.6 Å². The second-order valence-electron chi connectivity index (χ2n) is 3.89. The summed E-state index contributed by atoms with van der Waals surface area (Å²) in [5.74, 6) is -0.0600. The molecular weight excluding hydrogens is 326 g/mol. The largest absolute Gasteiger partial charge is 0.336 e. The minimum Gasteiger partial charge on any atom is -0.336 e. The topological polar surface area (TPSA) is 46.1 Å². The van der Waals surface area contributed by atoms with Gasteiger partial charge in [-0.2, -0.15) is 0 Å². The molecule has 0 spiro atoms. The van der Waals surface area contributed by atoms with Gasteiger partial charge < -0.3 is 4.90 Å². The van der Waals surface area contributed by atoms with E-state index in [1.807, 2.05) is 17.5 Å². The first-order valence-electron chi connectivity index (χ1n) is 5.57. The lowest BCUT2D eigenvalue weighted by atomic mass is 10.3. The van der Waals surface area contributed by atoms with Gasteiger partial charge in [-0.3, -0.25) is 14.8 Å². The maximum atomic E-state index is 11.9. The molecule has 2 rings (SSSR count). The maximum absolute atomic E-state index is 11.9. The van der Waals surface area contributed by atoms with Gasteiger partial charge in [-0.25, -0.2) is 0 Å². The minimum atomic E-state index is -0.0600. The van der Waals surface area contributed by atoms with Crippen LogP contribution in [-0.4, -0.2) is 27.8 Å². The van der Waals surface area contributed by atoms with E-state index in [1.54, 1.807) is 48.0 Å². The summed E-state index contributed by atoms with van der Waals surface area (Å²) >= 11 is 4.96. The lowest BCUT2D eigenvalue weighted by Crippen LogP contribution is -2.24. The molecule has 0 atom stereocenters. The highest BCUT2D eigenvalue weighted by atomic mass is 79.9. The molecule has 2 aromatic heterocycles. The first-order chi connectivity index (χ1) is 9.15. The Bertz CT molecular complexity index is 583. The Balaban J connectivity index is 1.94. The fourth-order valence-corrected chi connectivity index (χ4v) is 2.77. The molecule has 0 N–H and O–H groups in total. The fraction of sp³-hybridized carbons (Fsp3) is 0.154. The Hall–Kier alpha value is -1.53. The van der Waals surface area contributed by atoms with Crippen molar-refractivity contribution in [2.24, 2.45) is 0 Å². The molecule has 0 fully saturated rings. The van der Waals surface area contributed by atoms with E-state index in [9.17, 15) is 4.79 Å². The number of amides is 1. The van der Waals surface area contributed by atoms with Gasteiger partial charge >= 0.3 is 0 Å². The summed E-state index contributed by atoms with van der Waals surface area (Å²) in [6.45, 7) is 0.450. The second-order valence-corrected chi connectivity index (χ2v) is 5.75. The van der Waals surface area contributed by atoms with Gasteiger partial charge in [0.2, 0.25) is 5.91 Å². The SMILES string of the molecule is CN(Cc1cnccn1)C(=O)C=Cc1cc(Br)cs1. The molecule has 0 aliphatic rings. The summed E-state index contributed by atoms with van der Waals surface area (Å²) in [5, 5.41) is 1.98. The highest BCUT2D eigenvalue weighted by Crippen LogP contribution is 2.20. The average Bonchev–Trinajstić information content (AvgIpc) is 2.83. The van der Waals surface area contributed by atoms with Crippen LogP contribution < -0.4 is 0 Å². The third-order valence-electron chi connectivity index (χ3n) is 2.37. The smallest absolute Gasteiger partial charge is 0.246 e. The van der Waals surface area contributed by atoms with E-state index in [0.29, 0.717) is 6.54 Å². The lowest BCUT2D eigenvalue weighted by Gasteiger charge is -2.13. The Labute approximate surface area is 123 Å². The third-order valence-corrected chi connectivity index (χ3v) is 4.03. The molecule has 0 saturated heterocycles. The third kappa shape index (κ3) is 4.25. The first kappa shape index (κ1) is 13.9.